The molecule has 2 rings (SSSR count). The van der Waals surface area contributed by atoms with Crippen LogP contribution in [0.5, 0.6) is 0 Å². The standard InChI is InChI=1S/C19H25N3O4S2/c1-3-11-20-18(23)14(2)22-19(24)15-6-8-17(9-7-15)28(25,26)21-12-10-16-5-4-13-27-16/h4-9,13-14,21H,3,10-12H2,1-2H3,(H,20,23)(H,22,24). The van der Waals surface area contributed by atoms with Gasteiger partial charge in [-0.3, -0.25) is 9.59 Å². The molecular formula is C19H25N3O4S2. The fourth-order valence-electron chi connectivity index (χ4n) is 2.38. The second-order valence-corrected chi connectivity index (χ2v) is 9.04. The average Bonchev–Trinajstić information content (AvgIpc) is 3.19. The molecule has 28 heavy (non-hydrogen) atoms. The number of thiophene rings is 1. The van der Waals surface area contributed by atoms with Gasteiger partial charge in [-0.25, -0.2) is 13.1 Å². The summed E-state index contributed by atoms with van der Waals surface area (Å²) < 4.78 is 27.3. The summed E-state index contributed by atoms with van der Waals surface area (Å²) in [7, 11) is -3.64. The van der Waals surface area contributed by atoms with E-state index in [2.05, 4.69) is 15.4 Å². The summed E-state index contributed by atoms with van der Waals surface area (Å²) in [4.78, 5) is 25.3. The first kappa shape index (κ1) is 22.1. The van der Waals surface area contributed by atoms with Gasteiger partial charge < -0.3 is 10.6 Å². The first-order chi connectivity index (χ1) is 13.3. The van der Waals surface area contributed by atoms with E-state index in [1.54, 1.807) is 18.3 Å². The molecule has 1 aromatic carbocycles. The third-order valence-electron chi connectivity index (χ3n) is 3.96. The molecule has 0 aliphatic carbocycles. The number of carbonyl (C=O) groups excluding carboxylic acids is 2. The smallest absolute Gasteiger partial charge is 0.251 e. The van der Waals surface area contributed by atoms with Crippen LogP contribution in [0.15, 0.2) is 46.7 Å². The van der Waals surface area contributed by atoms with E-state index in [4.69, 9.17) is 0 Å². The van der Waals surface area contributed by atoms with Crippen LogP contribution in [-0.2, 0) is 21.2 Å². The van der Waals surface area contributed by atoms with E-state index < -0.39 is 22.0 Å². The van der Waals surface area contributed by atoms with Crippen molar-refractivity contribution in [2.24, 2.45) is 0 Å². The van der Waals surface area contributed by atoms with Crippen molar-refractivity contribution in [2.75, 3.05) is 13.1 Å². The van der Waals surface area contributed by atoms with Gasteiger partial charge in [0, 0.05) is 23.5 Å². The van der Waals surface area contributed by atoms with Gasteiger partial charge in [0.1, 0.15) is 6.04 Å². The summed E-state index contributed by atoms with van der Waals surface area (Å²) in [6, 6.07) is 8.82. The molecule has 0 aliphatic rings. The summed E-state index contributed by atoms with van der Waals surface area (Å²) in [5, 5.41) is 7.25. The van der Waals surface area contributed by atoms with E-state index in [0.717, 1.165) is 11.3 Å². The number of sulfonamides is 1. The highest BCUT2D eigenvalue weighted by Gasteiger charge is 2.18. The third kappa shape index (κ3) is 6.43. The Bertz CT molecular complexity index is 878. The molecule has 9 heteroatoms. The van der Waals surface area contributed by atoms with Gasteiger partial charge in [0.15, 0.2) is 0 Å². The molecule has 0 aliphatic heterocycles. The lowest BCUT2D eigenvalue weighted by atomic mass is 10.2. The Morgan fingerprint density at radius 1 is 1.11 bits per heavy atom. The zero-order chi connectivity index (χ0) is 20.6. The van der Waals surface area contributed by atoms with Crippen molar-refractivity contribution in [1.29, 1.82) is 0 Å². The number of carbonyl (C=O) groups is 2. The van der Waals surface area contributed by atoms with E-state index in [-0.39, 0.29) is 16.4 Å². The Labute approximate surface area is 169 Å². The lowest BCUT2D eigenvalue weighted by Crippen LogP contribution is -2.45. The Balaban J connectivity index is 1.92. The molecule has 1 unspecified atom stereocenters. The van der Waals surface area contributed by atoms with Crippen LogP contribution in [0.25, 0.3) is 0 Å². The highest BCUT2D eigenvalue weighted by atomic mass is 32.2. The molecule has 0 fully saturated rings. The topological polar surface area (TPSA) is 104 Å². The Kier molecular flexibility index (Phi) is 8.16. The normalized spacial score (nSPS) is 12.4. The molecule has 0 bridgehead atoms. The molecule has 0 saturated heterocycles. The summed E-state index contributed by atoms with van der Waals surface area (Å²) in [5.74, 6) is -0.696. The van der Waals surface area contributed by atoms with Gasteiger partial charge in [-0.2, -0.15) is 0 Å². The molecule has 1 atom stereocenters. The van der Waals surface area contributed by atoms with Crippen LogP contribution in [0, 0.1) is 0 Å². The van der Waals surface area contributed by atoms with Crippen molar-refractivity contribution in [3.05, 3.63) is 52.2 Å². The lowest BCUT2D eigenvalue weighted by Gasteiger charge is -2.14. The predicted molar refractivity (Wildman–Crippen MR) is 110 cm³/mol. The molecule has 0 saturated carbocycles. The minimum atomic E-state index is -3.64. The highest BCUT2D eigenvalue weighted by molar-refractivity contribution is 7.89. The van der Waals surface area contributed by atoms with Crippen LogP contribution in [0.2, 0.25) is 0 Å². The van der Waals surface area contributed by atoms with Crippen molar-refractivity contribution in [1.82, 2.24) is 15.4 Å². The Morgan fingerprint density at radius 2 is 1.82 bits per heavy atom. The van der Waals surface area contributed by atoms with Gasteiger partial charge in [0.25, 0.3) is 5.91 Å². The van der Waals surface area contributed by atoms with Gasteiger partial charge in [0.05, 0.1) is 4.90 Å². The summed E-state index contributed by atoms with van der Waals surface area (Å²) in [6.45, 7) is 4.38. The van der Waals surface area contributed by atoms with Crippen molar-refractivity contribution in [3.63, 3.8) is 0 Å². The Morgan fingerprint density at radius 3 is 2.43 bits per heavy atom. The molecular weight excluding hydrogens is 398 g/mol. The van der Waals surface area contributed by atoms with E-state index in [0.29, 0.717) is 19.5 Å². The van der Waals surface area contributed by atoms with Gasteiger partial charge in [-0.05, 0) is 55.5 Å². The monoisotopic (exact) mass is 423 g/mol. The van der Waals surface area contributed by atoms with E-state index in [9.17, 15) is 18.0 Å². The maximum absolute atomic E-state index is 12.3. The number of benzene rings is 1. The van der Waals surface area contributed by atoms with E-state index >= 15 is 0 Å². The van der Waals surface area contributed by atoms with Crippen LogP contribution < -0.4 is 15.4 Å². The quantitative estimate of drug-likeness (QED) is 0.543. The summed E-state index contributed by atoms with van der Waals surface area (Å²) >= 11 is 1.58. The molecule has 1 heterocycles. The van der Waals surface area contributed by atoms with Crippen LogP contribution in [-0.4, -0.2) is 39.4 Å². The van der Waals surface area contributed by atoms with Crippen molar-refractivity contribution >= 4 is 33.2 Å². The second-order valence-electron chi connectivity index (χ2n) is 6.24. The highest BCUT2D eigenvalue weighted by Crippen LogP contribution is 2.12. The van der Waals surface area contributed by atoms with Gasteiger partial charge >= 0.3 is 0 Å². The van der Waals surface area contributed by atoms with E-state index in [1.165, 1.54) is 24.3 Å². The summed E-state index contributed by atoms with van der Waals surface area (Å²) in [6.07, 6.45) is 1.43. The maximum atomic E-state index is 12.3. The maximum Gasteiger partial charge on any atom is 0.251 e. The fourth-order valence-corrected chi connectivity index (χ4v) is 4.12. The van der Waals surface area contributed by atoms with Crippen LogP contribution in [0.1, 0.15) is 35.5 Å². The van der Waals surface area contributed by atoms with Gasteiger partial charge in [-0.15, -0.1) is 11.3 Å². The first-order valence-electron chi connectivity index (χ1n) is 9.04. The summed E-state index contributed by atoms with van der Waals surface area (Å²) in [5.41, 5.74) is 0.285. The molecule has 2 aromatic rings. The number of hydrogen-bond donors (Lipinski definition) is 3. The number of hydrogen-bond acceptors (Lipinski definition) is 5. The van der Waals surface area contributed by atoms with Crippen molar-refractivity contribution < 1.29 is 18.0 Å². The van der Waals surface area contributed by atoms with Crippen molar-refractivity contribution in [2.45, 2.75) is 37.6 Å². The molecule has 3 N–H and O–H groups in total. The molecule has 1 aromatic heterocycles. The van der Waals surface area contributed by atoms with Gasteiger partial charge in [0.2, 0.25) is 15.9 Å². The van der Waals surface area contributed by atoms with Crippen LogP contribution in [0.3, 0.4) is 0 Å². The van der Waals surface area contributed by atoms with Crippen molar-refractivity contribution in [3.8, 4) is 0 Å². The second kappa shape index (κ2) is 10.4. The molecule has 7 nitrogen and oxygen atoms in total. The minimum Gasteiger partial charge on any atom is -0.354 e. The number of nitrogens with one attached hydrogen (secondary N) is 3. The van der Waals surface area contributed by atoms with E-state index in [1.807, 2.05) is 24.4 Å². The SMILES string of the molecule is CCCNC(=O)C(C)NC(=O)c1ccc(S(=O)(=O)NCCc2cccs2)cc1. The lowest BCUT2D eigenvalue weighted by molar-refractivity contribution is -0.122. The zero-order valence-electron chi connectivity index (χ0n) is 15.9. The predicted octanol–water partition coefficient (Wildman–Crippen LogP) is 1.91. The molecule has 0 radical (unpaired) electrons. The minimum absolute atomic E-state index is 0.0870. The fraction of sp³-hybridized carbons (Fsp3) is 0.368. The first-order valence-corrected chi connectivity index (χ1v) is 11.4. The molecule has 152 valence electrons. The third-order valence-corrected chi connectivity index (χ3v) is 6.37. The number of rotatable bonds is 10. The average molecular weight is 424 g/mol. The Hall–Kier alpha value is -2.23. The molecule has 2 amide bonds. The largest absolute Gasteiger partial charge is 0.354 e. The molecule has 0 spiro atoms. The van der Waals surface area contributed by atoms with Crippen LogP contribution >= 0.6 is 11.3 Å². The number of amides is 2. The van der Waals surface area contributed by atoms with Crippen LogP contribution in [0.4, 0.5) is 0 Å². The zero-order valence-corrected chi connectivity index (χ0v) is 17.5. The van der Waals surface area contributed by atoms with Gasteiger partial charge in [-0.1, -0.05) is 13.0 Å².